The molecule has 0 atom stereocenters. The second kappa shape index (κ2) is 7.67. The lowest BCUT2D eigenvalue weighted by Crippen LogP contribution is -2.47. The zero-order chi connectivity index (χ0) is 15.5. The van der Waals surface area contributed by atoms with E-state index in [1.54, 1.807) is 0 Å². The van der Waals surface area contributed by atoms with Gasteiger partial charge in [-0.05, 0) is 62.9 Å². The molecule has 1 aromatic carbocycles. The molecule has 124 valence electrons. The van der Waals surface area contributed by atoms with E-state index in [2.05, 4.69) is 17.6 Å². The summed E-state index contributed by atoms with van der Waals surface area (Å²) in [5.74, 6) is 0.0597. The van der Waals surface area contributed by atoms with E-state index in [0.717, 1.165) is 38.0 Å². The van der Waals surface area contributed by atoms with Crippen LogP contribution in [0.25, 0.3) is 0 Å². The monoisotopic (exact) mass is 344 g/mol. The highest BCUT2D eigenvalue weighted by molar-refractivity contribution is 6.30. The normalized spacial score (nSPS) is 17.5. The summed E-state index contributed by atoms with van der Waals surface area (Å²) < 4.78 is 0. The predicted molar refractivity (Wildman–Crippen MR) is 94.9 cm³/mol. The number of hydrogen-bond acceptors (Lipinski definition) is 2. The van der Waals surface area contributed by atoms with Gasteiger partial charge in [0.2, 0.25) is 5.91 Å². The number of rotatable bonds is 4. The molecule has 2 rings (SSSR count). The topological polar surface area (TPSA) is 41.1 Å². The highest BCUT2D eigenvalue weighted by Gasteiger charge is 2.33. The standard InChI is InChI=1S/C17H25ClN2O.ClH/c1-16(2,13-5-4-6-14(18)11-13)15(21)20-12-17(3)7-9-19-10-8-17;/h4-6,11,19H,7-10,12H2,1-3H3,(H,20,21);1H. The number of hydrogen-bond donors (Lipinski definition) is 2. The van der Waals surface area contributed by atoms with Crippen molar-refractivity contribution in [2.75, 3.05) is 19.6 Å². The first-order valence-electron chi connectivity index (χ1n) is 7.59. The predicted octanol–water partition coefficient (Wildman–Crippen LogP) is 3.55. The molecule has 0 aromatic heterocycles. The van der Waals surface area contributed by atoms with E-state index in [-0.39, 0.29) is 23.7 Å². The zero-order valence-electron chi connectivity index (χ0n) is 13.5. The number of halogens is 2. The van der Waals surface area contributed by atoms with Crippen LogP contribution in [0.4, 0.5) is 0 Å². The van der Waals surface area contributed by atoms with Crippen LogP contribution in [0, 0.1) is 5.41 Å². The fraction of sp³-hybridized carbons (Fsp3) is 0.588. The Kier molecular flexibility index (Phi) is 6.72. The smallest absolute Gasteiger partial charge is 0.230 e. The minimum atomic E-state index is -0.575. The van der Waals surface area contributed by atoms with Gasteiger partial charge in [-0.2, -0.15) is 0 Å². The summed E-state index contributed by atoms with van der Waals surface area (Å²) in [4.78, 5) is 12.6. The minimum absolute atomic E-state index is 0. The van der Waals surface area contributed by atoms with Gasteiger partial charge in [-0.25, -0.2) is 0 Å². The Morgan fingerprint density at radius 1 is 1.36 bits per heavy atom. The van der Waals surface area contributed by atoms with Crippen LogP contribution < -0.4 is 10.6 Å². The lowest BCUT2D eigenvalue weighted by molar-refractivity contribution is -0.126. The molecule has 1 heterocycles. The molecule has 1 saturated heterocycles. The largest absolute Gasteiger partial charge is 0.355 e. The van der Waals surface area contributed by atoms with Gasteiger partial charge in [0.1, 0.15) is 0 Å². The fourth-order valence-corrected chi connectivity index (χ4v) is 2.92. The van der Waals surface area contributed by atoms with Gasteiger partial charge in [0.05, 0.1) is 5.41 Å². The first-order valence-corrected chi connectivity index (χ1v) is 7.96. The fourth-order valence-electron chi connectivity index (χ4n) is 2.73. The second-order valence-electron chi connectivity index (χ2n) is 6.88. The molecular formula is C17H26Cl2N2O. The second-order valence-corrected chi connectivity index (χ2v) is 7.32. The van der Waals surface area contributed by atoms with Crippen molar-refractivity contribution < 1.29 is 4.79 Å². The van der Waals surface area contributed by atoms with Crippen LogP contribution in [0.3, 0.4) is 0 Å². The van der Waals surface area contributed by atoms with Crippen LogP contribution in [0.1, 0.15) is 39.2 Å². The number of piperidine rings is 1. The molecule has 1 amide bonds. The van der Waals surface area contributed by atoms with Crippen molar-refractivity contribution in [3.63, 3.8) is 0 Å². The van der Waals surface area contributed by atoms with Crippen molar-refractivity contribution >= 4 is 29.9 Å². The molecule has 0 spiro atoms. The number of benzene rings is 1. The van der Waals surface area contributed by atoms with E-state index >= 15 is 0 Å². The number of amides is 1. The average Bonchev–Trinajstić information content (AvgIpc) is 2.45. The van der Waals surface area contributed by atoms with E-state index in [1.807, 2.05) is 38.1 Å². The van der Waals surface area contributed by atoms with Crippen molar-refractivity contribution in [3.05, 3.63) is 34.9 Å². The van der Waals surface area contributed by atoms with Crippen LogP contribution >= 0.6 is 24.0 Å². The van der Waals surface area contributed by atoms with E-state index in [9.17, 15) is 4.79 Å². The summed E-state index contributed by atoms with van der Waals surface area (Å²) in [6.45, 7) is 8.93. The summed E-state index contributed by atoms with van der Waals surface area (Å²) in [5.41, 5.74) is 0.572. The van der Waals surface area contributed by atoms with Crippen molar-refractivity contribution in [2.24, 2.45) is 5.41 Å². The summed E-state index contributed by atoms with van der Waals surface area (Å²) in [6.07, 6.45) is 2.20. The Labute approximate surface area is 144 Å². The Morgan fingerprint density at radius 2 is 2.00 bits per heavy atom. The van der Waals surface area contributed by atoms with Crippen molar-refractivity contribution in [2.45, 2.75) is 39.0 Å². The zero-order valence-corrected chi connectivity index (χ0v) is 15.1. The van der Waals surface area contributed by atoms with Crippen LogP contribution in [0.5, 0.6) is 0 Å². The van der Waals surface area contributed by atoms with Gasteiger partial charge in [0.25, 0.3) is 0 Å². The van der Waals surface area contributed by atoms with E-state index in [4.69, 9.17) is 11.6 Å². The molecule has 0 aliphatic carbocycles. The molecule has 1 aliphatic rings. The molecule has 1 aliphatic heterocycles. The molecule has 0 radical (unpaired) electrons. The number of carbonyl (C=O) groups is 1. The molecule has 0 unspecified atom stereocenters. The van der Waals surface area contributed by atoms with Crippen molar-refractivity contribution in [3.8, 4) is 0 Å². The Bertz CT molecular complexity index is 511. The number of carbonyl (C=O) groups excluding carboxylic acids is 1. The molecule has 5 heteroatoms. The van der Waals surface area contributed by atoms with Gasteiger partial charge in [0.15, 0.2) is 0 Å². The van der Waals surface area contributed by atoms with E-state index in [0.29, 0.717) is 5.02 Å². The third-order valence-corrected chi connectivity index (χ3v) is 4.84. The van der Waals surface area contributed by atoms with E-state index in [1.165, 1.54) is 0 Å². The Balaban J connectivity index is 0.00000242. The molecule has 0 bridgehead atoms. The molecule has 1 aromatic rings. The van der Waals surface area contributed by atoms with Gasteiger partial charge < -0.3 is 10.6 Å². The molecular weight excluding hydrogens is 319 g/mol. The lowest BCUT2D eigenvalue weighted by atomic mass is 9.79. The third-order valence-electron chi connectivity index (χ3n) is 4.60. The Hall–Kier alpha value is -0.770. The van der Waals surface area contributed by atoms with Gasteiger partial charge in [-0.3, -0.25) is 4.79 Å². The lowest BCUT2D eigenvalue weighted by Gasteiger charge is -2.35. The summed E-state index contributed by atoms with van der Waals surface area (Å²) >= 11 is 6.04. The maximum Gasteiger partial charge on any atom is 0.230 e. The van der Waals surface area contributed by atoms with Gasteiger partial charge in [0, 0.05) is 11.6 Å². The molecule has 1 fully saturated rings. The Morgan fingerprint density at radius 3 is 2.59 bits per heavy atom. The average molecular weight is 345 g/mol. The minimum Gasteiger partial charge on any atom is -0.355 e. The van der Waals surface area contributed by atoms with Gasteiger partial charge in [-0.15, -0.1) is 12.4 Å². The van der Waals surface area contributed by atoms with Gasteiger partial charge >= 0.3 is 0 Å². The molecule has 0 saturated carbocycles. The first-order chi connectivity index (χ1) is 9.83. The summed E-state index contributed by atoms with van der Waals surface area (Å²) in [6, 6.07) is 7.54. The van der Waals surface area contributed by atoms with Crippen LogP contribution in [0.2, 0.25) is 5.02 Å². The quantitative estimate of drug-likeness (QED) is 0.876. The third kappa shape index (κ3) is 4.61. The summed E-state index contributed by atoms with van der Waals surface area (Å²) in [5, 5.41) is 7.17. The highest BCUT2D eigenvalue weighted by Crippen LogP contribution is 2.29. The summed E-state index contributed by atoms with van der Waals surface area (Å²) in [7, 11) is 0. The van der Waals surface area contributed by atoms with Crippen molar-refractivity contribution in [1.29, 1.82) is 0 Å². The maximum absolute atomic E-state index is 12.6. The first kappa shape index (κ1) is 19.3. The SMILES string of the molecule is CC1(CNC(=O)C(C)(C)c2cccc(Cl)c2)CCNCC1.Cl. The van der Waals surface area contributed by atoms with Crippen LogP contribution in [-0.4, -0.2) is 25.5 Å². The maximum atomic E-state index is 12.6. The highest BCUT2D eigenvalue weighted by atomic mass is 35.5. The number of nitrogens with one attached hydrogen (secondary N) is 2. The molecule has 22 heavy (non-hydrogen) atoms. The molecule has 2 N–H and O–H groups in total. The van der Waals surface area contributed by atoms with E-state index < -0.39 is 5.41 Å². The van der Waals surface area contributed by atoms with Crippen molar-refractivity contribution in [1.82, 2.24) is 10.6 Å². The van der Waals surface area contributed by atoms with Crippen LogP contribution in [0.15, 0.2) is 24.3 Å². The van der Waals surface area contributed by atoms with Crippen LogP contribution in [-0.2, 0) is 10.2 Å². The molecule has 3 nitrogen and oxygen atoms in total. The van der Waals surface area contributed by atoms with Gasteiger partial charge in [-0.1, -0.05) is 30.7 Å².